The number of ether oxygens (including phenoxy) is 2. The fraction of sp³-hybridized carbons (Fsp3) is 0.476. The molecule has 8 nitrogen and oxygen atoms in total. The highest BCUT2D eigenvalue weighted by Crippen LogP contribution is 2.31. The molecule has 1 aromatic carbocycles. The fourth-order valence-corrected chi connectivity index (χ4v) is 3.87. The Morgan fingerprint density at radius 3 is 2.80 bits per heavy atom. The SMILES string of the molecule is CCCc1nc(CC)c2c(=O)[nH]c(-c3cc(SNCCOC)ccc3OCC)nn12. The van der Waals surface area contributed by atoms with Crippen LogP contribution in [0.2, 0.25) is 0 Å². The molecule has 3 aromatic rings. The van der Waals surface area contributed by atoms with Gasteiger partial charge in [-0.25, -0.2) is 9.50 Å². The van der Waals surface area contributed by atoms with Gasteiger partial charge in [-0.15, -0.1) is 5.10 Å². The maximum absolute atomic E-state index is 12.9. The Balaban J connectivity index is 2.08. The third kappa shape index (κ3) is 4.85. The van der Waals surface area contributed by atoms with Crippen LogP contribution in [0.15, 0.2) is 27.9 Å². The Bertz CT molecular complexity index is 1050. The van der Waals surface area contributed by atoms with Crippen molar-refractivity contribution < 1.29 is 9.47 Å². The van der Waals surface area contributed by atoms with Gasteiger partial charge in [-0.05, 0) is 49.9 Å². The summed E-state index contributed by atoms with van der Waals surface area (Å²) in [6.45, 7) is 7.88. The predicted octanol–water partition coefficient (Wildman–Crippen LogP) is 3.24. The minimum absolute atomic E-state index is 0.189. The highest BCUT2D eigenvalue weighted by atomic mass is 32.2. The number of hydrogen-bond acceptors (Lipinski definition) is 7. The molecule has 0 aliphatic heterocycles. The molecule has 0 spiro atoms. The van der Waals surface area contributed by atoms with Crippen molar-refractivity contribution in [3.8, 4) is 17.1 Å². The van der Waals surface area contributed by atoms with Crippen molar-refractivity contribution in [2.24, 2.45) is 0 Å². The molecule has 0 saturated carbocycles. The van der Waals surface area contributed by atoms with Gasteiger partial charge in [0.25, 0.3) is 5.56 Å². The Morgan fingerprint density at radius 2 is 2.10 bits per heavy atom. The quantitative estimate of drug-likeness (QED) is 0.356. The second-order valence-electron chi connectivity index (χ2n) is 6.72. The van der Waals surface area contributed by atoms with Crippen molar-refractivity contribution >= 4 is 17.5 Å². The third-order valence-corrected chi connectivity index (χ3v) is 5.39. The molecule has 0 saturated heterocycles. The van der Waals surface area contributed by atoms with Gasteiger partial charge in [-0.1, -0.05) is 13.8 Å². The first-order chi connectivity index (χ1) is 14.6. The number of nitrogens with zero attached hydrogens (tertiary/aromatic N) is 3. The number of imidazole rings is 1. The molecule has 2 N–H and O–H groups in total. The van der Waals surface area contributed by atoms with E-state index in [1.807, 2.05) is 32.0 Å². The van der Waals surface area contributed by atoms with Crippen molar-refractivity contribution in [3.63, 3.8) is 0 Å². The zero-order valence-corrected chi connectivity index (χ0v) is 18.8. The molecule has 0 bridgehead atoms. The zero-order valence-electron chi connectivity index (χ0n) is 17.9. The molecule has 9 heteroatoms. The second-order valence-corrected chi connectivity index (χ2v) is 7.69. The number of aromatic nitrogens is 4. The number of hydrogen-bond donors (Lipinski definition) is 2. The first kappa shape index (κ1) is 22.3. The summed E-state index contributed by atoms with van der Waals surface area (Å²) in [6, 6.07) is 5.85. The smallest absolute Gasteiger partial charge is 0.277 e. The maximum Gasteiger partial charge on any atom is 0.277 e. The lowest BCUT2D eigenvalue weighted by Gasteiger charge is -2.12. The van der Waals surface area contributed by atoms with Crippen LogP contribution in [0.3, 0.4) is 0 Å². The van der Waals surface area contributed by atoms with Crippen LogP contribution < -0.4 is 15.0 Å². The van der Waals surface area contributed by atoms with Gasteiger partial charge < -0.3 is 14.5 Å². The van der Waals surface area contributed by atoms with Crippen molar-refractivity contribution in [2.45, 2.75) is 44.9 Å². The van der Waals surface area contributed by atoms with Gasteiger partial charge in [0.1, 0.15) is 11.6 Å². The van der Waals surface area contributed by atoms with Crippen LogP contribution in [0.5, 0.6) is 5.75 Å². The van der Waals surface area contributed by atoms with Crippen LogP contribution in [-0.2, 0) is 17.6 Å². The van der Waals surface area contributed by atoms with Gasteiger partial charge in [0, 0.05) is 25.0 Å². The molecule has 0 unspecified atom stereocenters. The minimum atomic E-state index is -0.189. The second kappa shape index (κ2) is 10.6. The average molecular weight is 432 g/mol. The average Bonchev–Trinajstić information content (AvgIpc) is 3.11. The van der Waals surface area contributed by atoms with Crippen molar-refractivity contribution in [3.05, 3.63) is 40.1 Å². The summed E-state index contributed by atoms with van der Waals surface area (Å²) in [7, 11) is 1.67. The largest absolute Gasteiger partial charge is 0.493 e. The van der Waals surface area contributed by atoms with E-state index in [-0.39, 0.29) is 5.56 Å². The Hall–Kier alpha value is -2.36. The Labute approximate surface area is 180 Å². The minimum Gasteiger partial charge on any atom is -0.493 e. The summed E-state index contributed by atoms with van der Waals surface area (Å²) in [6.07, 6.45) is 2.37. The highest BCUT2D eigenvalue weighted by molar-refractivity contribution is 7.97. The number of H-pyrrole nitrogens is 1. The molecular formula is C21H29N5O3S. The zero-order chi connectivity index (χ0) is 21.5. The number of aryl methyl sites for hydroxylation is 2. The summed E-state index contributed by atoms with van der Waals surface area (Å²) in [4.78, 5) is 21.5. The highest BCUT2D eigenvalue weighted by Gasteiger charge is 2.18. The van der Waals surface area contributed by atoms with Crippen LogP contribution in [-0.4, -0.2) is 46.5 Å². The van der Waals surface area contributed by atoms with Crippen LogP contribution in [0.25, 0.3) is 16.9 Å². The molecule has 2 aromatic heterocycles. The van der Waals surface area contributed by atoms with E-state index < -0.39 is 0 Å². The lowest BCUT2D eigenvalue weighted by Crippen LogP contribution is -2.16. The van der Waals surface area contributed by atoms with Gasteiger partial charge in [0.2, 0.25) is 0 Å². The predicted molar refractivity (Wildman–Crippen MR) is 119 cm³/mol. The number of fused-ring (bicyclic) bond motifs is 1. The first-order valence-electron chi connectivity index (χ1n) is 10.3. The van der Waals surface area contributed by atoms with Crippen LogP contribution in [0.4, 0.5) is 0 Å². The number of benzene rings is 1. The molecule has 0 radical (unpaired) electrons. The van der Waals surface area contributed by atoms with Crippen molar-refractivity contribution in [1.82, 2.24) is 24.3 Å². The maximum atomic E-state index is 12.9. The van der Waals surface area contributed by atoms with E-state index in [1.54, 1.807) is 11.6 Å². The standard InChI is InChI=1S/C21H29N5O3S/c1-5-8-18-23-16(6-2)19-21(27)24-20(25-26(18)19)15-13-14(30-22-11-12-28-4)9-10-17(15)29-7-3/h9-10,13,22H,5-8,11-12H2,1-4H3,(H,24,25,27). The number of methoxy groups -OCH3 is 1. The Morgan fingerprint density at radius 1 is 1.27 bits per heavy atom. The molecule has 30 heavy (non-hydrogen) atoms. The van der Waals surface area contributed by atoms with Crippen molar-refractivity contribution in [2.75, 3.05) is 26.9 Å². The first-order valence-corrected chi connectivity index (χ1v) is 11.1. The summed E-state index contributed by atoms with van der Waals surface area (Å²) < 4.78 is 15.8. The topological polar surface area (TPSA) is 93.5 Å². The van der Waals surface area contributed by atoms with E-state index in [9.17, 15) is 4.79 Å². The summed E-state index contributed by atoms with van der Waals surface area (Å²) in [5, 5.41) is 4.76. The molecular weight excluding hydrogens is 402 g/mol. The normalized spacial score (nSPS) is 11.3. The van der Waals surface area contributed by atoms with Gasteiger partial charge in [-0.2, -0.15) is 0 Å². The number of rotatable bonds is 11. The van der Waals surface area contributed by atoms with Crippen LogP contribution >= 0.6 is 11.9 Å². The van der Waals surface area contributed by atoms with E-state index >= 15 is 0 Å². The lowest BCUT2D eigenvalue weighted by molar-refractivity contribution is 0.205. The lowest BCUT2D eigenvalue weighted by atomic mass is 10.2. The van der Waals surface area contributed by atoms with E-state index in [2.05, 4.69) is 21.6 Å². The third-order valence-electron chi connectivity index (χ3n) is 4.55. The van der Waals surface area contributed by atoms with Gasteiger partial charge in [0.05, 0.1) is 24.5 Å². The van der Waals surface area contributed by atoms with E-state index in [0.29, 0.717) is 36.7 Å². The van der Waals surface area contributed by atoms with Gasteiger partial charge in [-0.3, -0.25) is 9.52 Å². The summed E-state index contributed by atoms with van der Waals surface area (Å²) >= 11 is 1.50. The van der Waals surface area contributed by atoms with Crippen LogP contribution in [0.1, 0.15) is 38.7 Å². The van der Waals surface area contributed by atoms with Crippen molar-refractivity contribution in [1.29, 1.82) is 0 Å². The molecule has 0 fully saturated rings. The summed E-state index contributed by atoms with van der Waals surface area (Å²) in [5.74, 6) is 1.95. The van der Waals surface area contributed by atoms with Crippen LogP contribution in [0, 0.1) is 0 Å². The summed E-state index contributed by atoms with van der Waals surface area (Å²) in [5.41, 5.74) is 1.85. The van der Waals surface area contributed by atoms with E-state index in [4.69, 9.17) is 14.6 Å². The molecule has 0 amide bonds. The monoisotopic (exact) mass is 431 g/mol. The van der Waals surface area contributed by atoms with Gasteiger partial charge >= 0.3 is 0 Å². The number of aromatic amines is 1. The fourth-order valence-electron chi connectivity index (χ4n) is 3.20. The molecule has 2 heterocycles. The molecule has 0 atom stereocenters. The number of nitrogens with one attached hydrogen (secondary N) is 2. The van der Waals surface area contributed by atoms with Gasteiger partial charge in [0.15, 0.2) is 11.3 Å². The molecule has 162 valence electrons. The molecule has 0 aliphatic carbocycles. The van der Waals surface area contributed by atoms with E-state index in [0.717, 1.165) is 41.4 Å². The Kier molecular flexibility index (Phi) is 7.89. The van der Waals surface area contributed by atoms with E-state index in [1.165, 1.54) is 11.9 Å². The molecule has 0 aliphatic rings. The molecule has 3 rings (SSSR count).